The Morgan fingerprint density at radius 2 is 1.94 bits per heavy atom. The minimum Gasteiger partial charge on any atom is -0.508 e. The summed E-state index contributed by atoms with van der Waals surface area (Å²) in [4.78, 5) is 4.02. The molecule has 0 bridgehead atoms. The number of aromatic hydroxyl groups is 1. The molecule has 0 saturated carbocycles. The first-order valence-corrected chi connectivity index (χ1v) is 5.69. The highest BCUT2D eigenvalue weighted by Gasteiger charge is 2.07. The van der Waals surface area contributed by atoms with Gasteiger partial charge in [-0.2, -0.15) is 0 Å². The highest BCUT2D eigenvalue weighted by atomic mass is 35.5. The molecule has 0 aliphatic heterocycles. The van der Waals surface area contributed by atoms with Crippen molar-refractivity contribution in [1.29, 1.82) is 0 Å². The van der Waals surface area contributed by atoms with Gasteiger partial charge in [0.25, 0.3) is 0 Å². The van der Waals surface area contributed by atoms with Crippen LogP contribution in [-0.2, 0) is 0 Å². The van der Waals surface area contributed by atoms with Crippen LogP contribution in [0.4, 0.5) is 5.69 Å². The van der Waals surface area contributed by atoms with E-state index in [9.17, 15) is 5.11 Å². The number of hydrogen-bond donors (Lipinski definition) is 2. The SMILES string of the molecule is CC(Nc1cnccc1Cl)c1ccc(O)cc1. The summed E-state index contributed by atoms with van der Waals surface area (Å²) >= 11 is 6.04. The Labute approximate surface area is 105 Å². The molecule has 1 heterocycles. The lowest BCUT2D eigenvalue weighted by molar-refractivity contribution is 0.475. The van der Waals surface area contributed by atoms with E-state index in [2.05, 4.69) is 10.3 Å². The number of benzene rings is 1. The number of phenols is 1. The summed E-state index contributed by atoms with van der Waals surface area (Å²) < 4.78 is 0. The van der Waals surface area contributed by atoms with Gasteiger partial charge < -0.3 is 10.4 Å². The van der Waals surface area contributed by atoms with Crippen molar-refractivity contribution in [2.75, 3.05) is 5.32 Å². The molecule has 0 aliphatic rings. The van der Waals surface area contributed by atoms with Gasteiger partial charge in [0.2, 0.25) is 0 Å². The average Bonchev–Trinajstić information content (AvgIpc) is 2.33. The van der Waals surface area contributed by atoms with Crippen molar-refractivity contribution in [3.8, 4) is 5.75 Å². The van der Waals surface area contributed by atoms with E-state index < -0.39 is 0 Å². The fraction of sp³-hybridized carbons (Fsp3) is 0.154. The lowest BCUT2D eigenvalue weighted by Gasteiger charge is -2.16. The highest BCUT2D eigenvalue weighted by molar-refractivity contribution is 6.33. The molecule has 0 saturated heterocycles. The zero-order chi connectivity index (χ0) is 12.3. The summed E-state index contributed by atoms with van der Waals surface area (Å²) in [7, 11) is 0. The number of rotatable bonds is 3. The first-order valence-electron chi connectivity index (χ1n) is 5.32. The molecule has 0 amide bonds. The molecular formula is C13H13ClN2O. The predicted molar refractivity (Wildman–Crippen MR) is 69.4 cm³/mol. The third-order valence-electron chi connectivity index (χ3n) is 2.53. The van der Waals surface area contributed by atoms with Crippen LogP contribution in [0.2, 0.25) is 5.02 Å². The topological polar surface area (TPSA) is 45.2 Å². The molecule has 3 nitrogen and oxygen atoms in total. The maximum atomic E-state index is 9.22. The van der Waals surface area contributed by atoms with Gasteiger partial charge in [0.15, 0.2) is 0 Å². The van der Waals surface area contributed by atoms with E-state index in [-0.39, 0.29) is 11.8 Å². The molecule has 1 atom stereocenters. The molecule has 2 N–H and O–H groups in total. The van der Waals surface area contributed by atoms with E-state index in [0.29, 0.717) is 5.02 Å². The van der Waals surface area contributed by atoms with Crippen LogP contribution < -0.4 is 5.32 Å². The lowest BCUT2D eigenvalue weighted by atomic mass is 10.1. The van der Waals surface area contributed by atoms with Gasteiger partial charge in [-0.15, -0.1) is 0 Å². The van der Waals surface area contributed by atoms with Gasteiger partial charge in [-0.1, -0.05) is 23.7 Å². The van der Waals surface area contributed by atoms with E-state index in [4.69, 9.17) is 11.6 Å². The number of anilines is 1. The van der Waals surface area contributed by atoms with Crippen molar-refractivity contribution >= 4 is 17.3 Å². The fourth-order valence-electron chi connectivity index (χ4n) is 1.56. The van der Waals surface area contributed by atoms with Gasteiger partial charge >= 0.3 is 0 Å². The largest absolute Gasteiger partial charge is 0.508 e. The quantitative estimate of drug-likeness (QED) is 0.872. The molecule has 17 heavy (non-hydrogen) atoms. The summed E-state index contributed by atoms with van der Waals surface area (Å²) in [5.41, 5.74) is 1.87. The third kappa shape index (κ3) is 2.88. The summed E-state index contributed by atoms with van der Waals surface area (Å²) in [6.45, 7) is 2.02. The Bertz CT molecular complexity index is 499. The summed E-state index contributed by atoms with van der Waals surface area (Å²) in [5, 5.41) is 13.1. The maximum absolute atomic E-state index is 9.22. The molecule has 4 heteroatoms. The third-order valence-corrected chi connectivity index (χ3v) is 2.86. The van der Waals surface area contributed by atoms with Gasteiger partial charge in [-0.25, -0.2) is 0 Å². The van der Waals surface area contributed by atoms with Gasteiger partial charge in [-0.05, 0) is 30.7 Å². The standard InChI is InChI=1S/C13H13ClN2O/c1-9(10-2-4-11(17)5-3-10)16-13-8-15-7-6-12(13)14/h2-9,16-17H,1H3. The second-order valence-corrected chi connectivity index (χ2v) is 4.22. The van der Waals surface area contributed by atoms with Crippen LogP contribution in [0.1, 0.15) is 18.5 Å². The fourth-order valence-corrected chi connectivity index (χ4v) is 1.72. The molecule has 0 spiro atoms. The van der Waals surface area contributed by atoms with Crippen LogP contribution in [0.25, 0.3) is 0 Å². The molecular weight excluding hydrogens is 236 g/mol. The smallest absolute Gasteiger partial charge is 0.115 e. The van der Waals surface area contributed by atoms with Gasteiger partial charge in [-0.3, -0.25) is 4.98 Å². The Balaban J connectivity index is 2.14. The van der Waals surface area contributed by atoms with Crippen LogP contribution in [0.3, 0.4) is 0 Å². The zero-order valence-corrected chi connectivity index (χ0v) is 10.1. The Morgan fingerprint density at radius 1 is 1.24 bits per heavy atom. The lowest BCUT2D eigenvalue weighted by Crippen LogP contribution is -2.06. The van der Waals surface area contributed by atoms with Crippen molar-refractivity contribution < 1.29 is 5.11 Å². The van der Waals surface area contributed by atoms with Crippen molar-refractivity contribution in [3.63, 3.8) is 0 Å². The van der Waals surface area contributed by atoms with Crippen LogP contribution in [0.15, 0.2) is 42.7 Å². The number of nitrogens with one attached hydrogen (secondary N) is 1. The molecule has 2 rings (SSSR count). The number of hydrogen-bond acceptors (Lipinski definition) is 3. The Hall–Kier alpha value is -1.74. The van der Waals surface area contributed by atoms with Crippen molar-refractivity contribution in [2.24, 2.45) is 0 Å². The number of phenolic OH excluding ortho intramolecular Hbond substituents is 1. The molecule has 0 fully saturated rings. The molecule has 1 aromatic heterocycles. The van der Waals surface area contributed by atoms with Crippen molar-refractivity contribution in [1.82, 2.24) is 4.98 Å². The molecule has 0 radical (unpaired) electrons. The summed E-state index contributed by atoms with van der Waals surface area (Å²) in [6, 6.07) is 8.91. The van der Waals surface area contributed by atoms with Crippen molar-refractivity contribution in [3.05, 3.63) is 53.3 Å². The summed E-state index contributed by atoms with van der Waals surface area (Å²) in [6.07, 6.45) is 3.35. The Morgan fingerprint density at radius 3 is 2.59 bits per heavy atom. The van der Waals surface area contributed by atoms with Gasteiger partial charge in [0.05, 0.1) is 16.9 Å². The Kier molecular flexibility index (Phi) is 3.49. The molecule has 88 valence electrons. The minimum absolute atomic E-state index is 0.0947. The number of halogens is 1. The molecule has 1 unspecified atom stereocenters. The van der Waals surface area contributed by atoms with Crippen LogP contribution in [-0.4, -0.2) is 10.1 Å². The number of nitrogens with zero attached hydrogens (tertiary/aromatic N) is 1. The zero-order valence-electron chi connectivity index (χ0n) is 9.39. The second-order valence-electron chi connectivity index (χ2n) is 3.81. The number of pyridine rings is 1. The predicted octanol–water partition coefficient (Wildman–Crippen LogP) is 3.61. The average molecular weight is 249 g/mol. The molecule has 1 aromatic carbocycles. The minimum atomic E-state index is 0.0947. The maximum Gasteiger partial charge on any atom is 0.115 e. The van der Waals surface area contributed by atoms with E-state index in [1.165, 1.54) is 0 Å². The van der Waals surface area contributed by atoms with E-state index in [0.717, 1.165) is 11.3 Å². The molecule has 2 aromatic rings. The van der Waals surface area contributed by atoms with Crippen LogP contribution in [0.5, 0.6) is 5.75 Å². The first kappa shape index (κ1) is 11.7. The van der Waals surface area contributed by atoms with Crippen LogP contribution in [0, 0.1) is 0 Å². The van der Waals surface area contributed by atoms with E-state index in [1.807, 2.05) is 19.1 Å². The molecule has 0 aliphatic carbocycles. The monoisotopic (exact) mass is 248 g/mol. The van der Waals surface area contributed by atoms with E-state index in [1.54, 1.807) is 30.6 Å². The second kappa shape index (κ2) is 5.06. The van der Waals surface area contributed by atoms with E-state index >= 15 is 0 Å². The van der Waals surface area contributed by atoms with Gasteiger partial charge in [0, 0.05) is 12.2 Å². The van der Waals surface area contributed by atoms with Crippen LogP contribution >= 0.6 is 11.6 Å². The first-order chi connectivity index (χ1) is 8.16. The number of aromatic nitrogens is 1. The summed E-state index contributed by atoms with van der Waals surface area (Å²) in [5.74, 6) is 0.264. The highest BCUT2D eigenvalue weighted by Crippen LogP contribution is 2.25. The van der Waals surface area contributed by atoms with Gasteiger partial charge in [0.1, 0.15) is 5.75 Å². The normalized spacial score (nSPS) is 12.1. The van der Waals surface area contributed by atoms with Crippen molar-refractivity contribution in [2.45, 2.75) is 13.0 Å².